The van der Waals surface area contributed by atoms with Crippen molar-refractivity contribution in [2.75, 3.05) is 14.1 Å². The summed E-state index contributed by atoms with van der Waals surface area (Å²) >= 11 is 0. The summed E-state index contributed by atoms with van der Waals surface area (Å²) in [7, 11) is 4.07. The van der Waals surface area contributed by atoms with Crippen LogP contribution in [0.5, 0.6) is 0 Å². The van der Waals surface area contributed by atoms with Crippen LogP contribution >= 0.6 is 0 Å². The van der Waals surface area contributed by atoms with Crippen LogP contribution in [0.2, 0.25) is 0 Å². The Morgan fingerprint density at radius 3 is 2.63 bits per heavy atom. The van der Waals surface area contributed by atoms with Gasteiger partial charge in [-0.3, -0.25) is 9.69 Å². The maximum atomic E-state index is 12.8. The monoisotopic (exact) mass is 263 g/mol. The number of carbonyl (C=O) groups is 1. The third-order valence-electron chi connectivity index (χ3n) is 4.52. The van der Waals surface area contributed by atoms with Crippen molar-refractivity contribution >= 4 is 5.78 Å². The van der Waals surface area contributed by atoms with Crippen molar-refractivity contribution in [2.45, 2.75) is 57.5 Å². The van der Waals surface area contributed by atoms with E-state index in [0.717, 1.165) is 38.1 Å². The van der Waals surface area contributed by atoms with Crippen molar-refractivity contribution in [1.82, 2.24) is 14.5 Å². The summed E-state index contributed by atoms with van der Waals surface area (Å²) in [5, 5.41) is 0. The van der Waals surface area contributed by atoms with Crippen LogP contribution in [-0.2, 0) is 17.8 Å². The molecule has 106 valence electrons. The van der Waals surface area contributed by atoms with Gasteiger partial charge in [-0.05, 0) is 33.9 Å². The minimum absolute atomic E-state index is 0.261. The van der Waals surface area contributed by atoms with E-state index in [1.165, 1.54) is 6.42 Å². The number of nitrogens with zero attached hydrogens (tertiary/aromatic N) is 3. The zero-order valence-electron chi connectivity index (χ0n) is 12.4. The Bertz CT molecular complexity index is 430. The molecule has 0 bridgehead atoms. The highest BCUT2D eigenvalue weighted by atomic mass is 16.1. The second-order valence-corrected chi connectivity index (χ2v) is 5.72. The zero-order chi connectivity index (χ0) is 13.9. The molecule has 0 saturated heterocycles. The van der Waals surface area contributed by atoms with E-state index in [0.29, 0.717) is 12.2 Å². The van der Waals surface area contributed by atoms with Crippen molar-refractivity contribution in [3.63, 3.8) is 0 Å². The lowest BCUT2D eigenvalue weighted by Crippen LogP contribution is -2.53. The molecule has 0 unspecified atom stereocenters. The predicted molar refractivity (Wildman–Crippen MR) is 76.1 cm³/mol. The molecular formula is C15H25N3O. The van der Waals surface area contributed by atoms with E-state index < -0.39 is 0 Å². The molecule has 1 saturated carbocycles. The molecule has 1 aliphatic rings. The third-order valence-corrected chi connectivity index (χ3v) is 4.52. The lowest BCUT2D eigenvalue weighted by atomic mass is 9.76. The molecule has 1 aromatic heterocycles. The molecule has 1 fully saturated rings. The molecule has 0 spiro atoms. The molecule has 0 aliphatic heterocycles. The van der Waals surface area contributed by atoms with Gasteiger partial charge in [0.1, 0.15) is 5.82 Å². The molecular weight excluding hydrogens is 238 g/mol. The molecule has 2 rings (SSSR count). The van der Waals surface area contributed by atoms with Crippen LogP contribution in [0.25, 0.3) is 0 Å². The van der Waals surface area contributed by atoms with Gasteiger partial charge in [0.2, 0.25) is 0 Å². The predicted octanol–water partition coefficient (Wildman–Crippen LogP) is 2.28. The molecule has 0 aromatic carbocycles. The van der Waals surface area contributed by atoms with E-state index >= 15 is 0 Å². The highest BCUT2D eigenvalue weighted by Crippen LogP contribution is 2.33. The first-order chi connectivity index (χ1) is 9.10. The number of likely N-dealkylation sites (N-methyl/N-ethyl adjacent to an activating group) is 1. The van der Waals surface area contributed by atoms with Gasteiger partial charge in [-0.2, -0.15) is 0 Å². The van der Waals surface area contributed by atoms with Gasteiger partial charge >= 0.3 is 0 Å². The normalized spacial score (nSPS) is 18.7. The summed E-state index contributed by atoms with van der Waals surface area (Å²) in [6, 6.07) is 0. The quantitative estimate of drug-likeness (QED) is 0.818. The molecule has 0 atom stereocenters. The van der Waals surface area contributed by atoms with E-state index in [4.69, 9.17) is 0 Å². The average Bonchev–Trinajstić information content (AvgIpc) is 2.86. The van der Waals surface area contributed by atoms with Crippen molar-refractivity contribution in [3.05, 3.63) is 18.2 Å². The van der Waals surface area contributed by atoms with Gasteiger partial charge in [0.05, 0.1) is 12.0 Å². The van der Waals surface area contributed by atoms with Crippen LogP contribution in [0.15, 0.2) is 12.4 Å². The van der Waals surface area contributed by atoms with Crippen LogP contribution in [-0.4, -0.2) is 39.9 Å². The summed E-state index contributed by atoms with van der Waals surface area (Å²) in [6.45, 7) is 2.95. The maximum absolute atomic E-state index is 12.8. The van der Waals surface area contributed by atoms with Gasteiger partial charge in [-0.1, -0.05) is 19.3 Å². The Kier molecular flexibility index (Phi) is 4.40. The van der Waals surface area contributed by atoms with Crippen LogP contribution in [0.4, 0.5) is 0 Å². The summed E-state index contributed by atoms with van der Waals surface area (Å²) < 4.78 is 2.06. The summed E-state index contributed by atoms with van der Waals surface area (Å²) in [4.78, 5) is 19.3. The molecule has 0 N–H and O–H groups in total. The molecule has 1 heterocycles. The molecule has 1 aromatic rings. The van der Waals surface area contributed by atoms with Crippen molar-refractivity contribution < 1.29 is 4.79 Å². The molecule has 19 heavy (non-hydrogen) atoms. The van der Waals surface area contributed by atoms with Gasteiger partial charge in [0.25, 0.3) is 0 Å². The fraction of sp³-hybridized carbons (Fsp3) is 0.733. The van der Waals surface area contributed by atoms with Gasteiger partial charge < -0.3 is 4.57 Å². The SMILES string of the molecule is CCn1ccnc1CC(=O)C1(N(C)C)CCCCC1. The van der Waals surface area contributed by atoms with Crippen LogP contribution in [0.3, 0.4) is 0 Å². The van der Waals surface area contributed by atoms with Crippen LogP contribution in [0, 0.1) is 0 Å². The fourth-order valence-electron chi connectivity index (χ4n) is 3.22. The Labute approximate surface area is 115 Å². The standard InChI is InChI=1S/C15H25N3O/c1-4-18-11-10-16-14(18)12-13(19)15(17(2)3)8-6-5-7-9-15/h10-11H,4-9,12H2,1-3H3. The smallest absolute Gasteiger partial charge is 0.160 e. The summed E-state index contributed by atoms with van der Waals surface area (Å²) in [6.07, 6.45) is 9.75. The largest absolute Gasteiger partial charge is 0.335 e. The van der Waals surface area contributed by atoms with E-state index in [9.17, 15) is 4.79 Å². The number of imidazole rings is 1. The fourth-order valence-corrected chi connectivity index (χ4v) is 3.22. The second-order valence-electron chi connectivity index (χ2n) is 5.72. The number of ketones is 1. The average molecular weight is 263 g/mol. The topological polar surface area (TPSA) is 38.1 Å². The maximum Gasteiger partial charge on any atom is 0.160 e. The Morgan fingerprint density at radius 1 is 1.37 bits per heavy atom. The van der Waals surface area contributed by atoms with Crippen LogP contribution < -0.4 is 0 Å². The number of Topliss-reactive ketones (excluding diaryl/α,β-unsaturated/α-hetero) is 1. The van der Waals surface area contributed by atoms with Gasteiger partial charge in [0, 0.05) is 18.9 Å². The number of hydrogen-bond donors (Lipinski definition) is 0. The van der Waals surface area contributed by atoms with Crippen molar-refractivity contribution in [3.8, 4) is 0 Å². The number of carbonyl (C=O) groups excluding carboxylic acids is 1. The molecule has 4 heteroatoms. The zero-order valence-corrected chi connectivity index (χ0v) is 12.4. The van der Waals surface area contributed by atoms with E-state index in [-0.39, 0.29) is 5.54 Å². The summed E-state index contributed by atoms with van der Waals surface area (Å²) in [5.41, 5.74) is -0.261. The highest BCUT2D eigenvalue weighted by molar-refractivity contribution is 5.89. The minimum Gasteiger partial charge on any atom is -0.335 e. The first kappa shape index (κ1) is 14.3. The Morgan fingerprint density at radius 2 is 2.05 bits per heavy atom. The number of aryl methyl sites for hydroxylation is 1. The van der Waals surface area contributed by atoms with Gasteiger partial charge in [-0.25, -0.2) is 4.98 Å². The van der Waals surface area contributed by atoms with E-state index in [1.54, 1.807) is 6.20 Å². The Hall–Kier alpha value is -1.16. The number of hydrogen-bond acceptors (Lipinski definition) is 3. The molecule has 1 aliphatic carbocycles. The lowest BCUT2D eigenvalue weighted by molar-refractivity contribution is -0.131. The summed E-state index contributed by atoms with van der Waals surface area (Å²) in [5.74, 6) is 1.23. The lowest BCUT2D eigenvalue weighted by Gasteiger charge is -2.41. The van der Waals surface area contributed by atoms with E-state index in [1.807, 2.05) is 20.3 Å². The third kappa shape index (κ3) is 2.73. The van der Waals surface area contributed by atoms with Crippen molar-refractivity contribution in [2.24, 2.45) is 0 Å². The Balaban J connectivity index is 2.16. The molecule has 4 nitrogen and oxygen atoms in total. The highest BCUT2D eigenvalue weighted by Gasteiger charge is 2.41. The molecule has 0 amide bonds. The number of aromatic nitrogens is 2. The van der Waals surface area contributed by atoms with E-state index in [2.05, 4.69) is 21.4 Å². The van der Waals surface area contributed by atoms with Gasteiger partial charge in [0.15, 0.2) is 5.78 Å². The number of rotatable bonds is 5. The first-order valence-electron chi connectivity index (χ1n) is 7.31. The molecule has 0 radical (unpaired) electrons. The first-order valence-corrected chi connectivity index (χ1v) is 7.31. The minimum atomic E-state index is -0.261. The second kappa shape index (κ2) is 5.87. The van der Waals surface area contributed by atoms with Crippen molar-refractivity contribution in [1.29, 1.82) is 0 Å². The van der Waals surface area contributed by atoms with Gasteiger partial charge in [-0.15, -0.1) is 0 Å². The van der Waals surface area contributed by atoms with Crippen LogP contribution in [0.1, 0.15) is 44.9 Å².